The summed E-state index contributed by atoms with van der Waals surface area (Å²) in [4.78, 5) is 26.1. The van der Waals surface area contributed by atoms with Crippen LogP contribution in [-0.2, 0) is 13.6 Å². The number of imidazole rings is 1. The number of piperidine rings is 1. The van der Waals surface area contributed by atoms with Crippen LogP contribution in [-0.4, -0.2) is 67.4 Å². The van der Waals surface area contributed by atoms with Crippen LogP contribution < -0.4 is 15.4 Å². The van der Waals surface area contributed by atoms with E-state index in [-0.39, 0.29) is 5.91 Å². The zero-order chi connectivity index (χ0) is 30.9. The van der Waals surface area contributed by atoms with E-state index in [1.165, 1.54) is 45.2 Å². The molecule has 1 saturated carbocycles. The molecule has 3 aliphatic rings. The molecule has 5 heterocycles. The number of hydrogen-bond acceptors (Lipinski definition) is 7. The van der Waals surface area contributed by atoms with Crippen molar-refractivity contribution in [2.75, 3.05) is 36.9 Å². The summed E-state index contributed by atoms with van der Waals surface area (Å²) >= 11 is 0. The third kappa shape index (κ3) is 6.71. The van der Waals surface area contributed by atoms with E-state index in [9.17, 15) is 4.79 Å². The van der Waals surface area contributed by atoms with Gasteiger partial charge in [-0.3, -0.25) is 15.1 Å². The van der Waals surface area contributed by atoms with Crippen LogP contribution in [0.2, 0.25) is 0 Å². The number of pyridine rings is 1. The summed E-state index contributed by atoms with van der Waals surface area (Å²) in [5.74, 6) is 2.24. The second kappa shape index (κ2) is 12.8. The summed E-state index contributed by atoms with van der Waals surface area (Å²) in [6.45, 7) is 9.18. The number of aromatic nitrogens is 5. The van der Waals surface area contributed by atoms with Crippen molar-refractivity contribution in [1.29, 1.82) is 0 Å². The van der Waals surface area contributed by atoms with Gasteiger partial charge in [0.15, 0.2) is 0 Å². The molecular formula is C35H46N8O2. The second-order valence-electron chi connectivity index (χ2n) is 13.4. The number of rotatable bonds is 6. The highest BCUT2D eigenvalue weighted by atomic mass is 16.5. The standard InChI is InChI=1S/C35H46N8O2/c1-23(13-16-42-14-5-4-6-15-42)37-28-11-12-30-32(20-28)43-22-26(25-9-10-25)8-7-17-45-34-29(21-36-41(34)3)31-19-27(18-24(2)38-31)33(44)40-35(43)39-30/h11-12,18-21,23,25-26,37H,4-10,13-17,22H2,1-3H3,(H,39,40,44)/t23-,26-/m1/s1. The molecule has 2 bridgehead atoms. The fourth-order valence-electron chi connectivity index (χ4n) is 7.09. The molecule has 0 radical (unpaired) electrons. The van der Waals surface area contributed by atoms with E-state index in [1.807, 2.05) is 26.1 Å². The molecule has 3 aromatic heterocycles. The molecule has 2 aliphatic heterocycles. The van der Waals surface area contributed by atoms with E-state index in [2.05, 4.69) is 50.3 Å². The molecule has 1 aliphatic carbocycles. The van der Waals surface area contributed by atoms with Crippen LogP contribution in [0, 0.1) is 18.8 Å². The Kier molecular flexibility index (Phi) is 8.49. The number of fused-ring (bicyclic) bond motifs is 7. The van der Waals surface area contributed by atoms with E-state index < -0.39 is 0 Å². The minimum Gasteiger partial charge on any atom is -0.477 e. The predicted molar refractivity (Wildman–Crippen MR) is 178 cm³/mol. The first kappa shape index (κ1) is 29.8. The molecule has 238 valence electrons. The average molecular weight is 611 g/mol. The maximum absolute atomic E-state index is 13.8. The van der Waals surface area contributed by atoms with Gasteiger partial charge in [0, 0.05) is 43.1 Å². The molecule has 1 amide bonds. The van der Waals surface area contributed by atoms with Crippen LogP contribution in [0.3, 0.4) is 0 Å². The number of amides is 1. The number of likely N-dealkylation sites (tertiary alicyclic amines) is 1. The molecule has 4 aromatic rings. The van der Waals surface area contributed by atoms with Gasteiger partial charge in [0.1, 0.15) is 0 Å². The van der Waals surface area contributed by atoms with Gasteiger partial charge >= 0.3 is 0 Å². The Labute approximate surface area is 265 Å². The van der Waals surface area contributed by atoms with Crippen molar-refractivity contribution in [1.82, 2.24) is 29.2 Å². The summed E-state index contributed by atoms with van der Waals surface area (Å²) in [5, 5.41) is 11.4. The van der Waals surface area contributed by atoms with Gasteiger partial charge in [0.2, 0.25) is 11.8 Å². The summed E-state index contributed by atoms with van der Waals surface area (Å²) in [6.07, 6.45) is 11.4. The van der Waals surface area contributed by atoms with E-state index in [4.69, 9.17) is 14.7 Å². The Morgan fingerprint density at radius 2 is 1.89 bits per heavy atom. The van der Waals surface area contributed by atoms with Crippen molar-refractivity contribution in [3.63, 3.8) is 0 Å². The number of carbonyl (C=O) groups is 1. The van der Waals surface area contributed by atoms with Crippen molar-refractivity contribution in [2.45, 2.75) is 77.8 Å². The molecule has 2 N–H and O–H groups in total. The first-order chi connectivity index (χ1) is 21.9. The number of anilines is 2. The monoisotopic (exact) mass is 610 g/mol. The lowest BCUT2D eigenvalue weighted by Gasteiger charge is -2.28. The molecule has 10 nitrogen and oxygen atoms in total. The Morgan fingerprint density at radius 1 is 1.04 bits per heavy atom. The highest BCUT2D eigenvalue weighted by Gasteiger charge is 2.32. The van der Waals surface area contributed by atoms with Crippen LogP contribution in [0.15, 0.2) is 36.5 Å². The number of aryl methyl sites for hydroxylation is 2. The van der Waals surface area contributed by atoms with Crippen molar-refractivity contribution < 1.29 is 9.53 Å². The quantitative estimate of drug-likeness (QED) is 0.265. The summed E-state index contributed by atoms with van der Waals surface area (Å²) in [6, 6.07) is 10.4. The lowest BCUT2D eigenvalue weighted by molar-refractivity contribution is 0.102. The average Bonchev–Trinajstić information content (AvgIpc) is 3.74. The van der Waals surface area contributed by atoms with Crippen molar-refractivity contribution in [3.05, 3.63) is 47.8 Å². The smallest absolute Gasteiger partial charge is 0.258 e. The van der Waals surface area contributed by atoms with Crippen molar-refractivity contribution in [3.8, 4) is 17.1 Å². The second-order valence-corrected chi connectivity index (χ2v) is 13.4. The zero-order valence-corrected chi connectivity index (χ0v) is 26.9. The number of nitrogens with one attached hydrogen (secondary N) is 2. The van der Waals surface area contributed by atoms with E-state index in [1.54, 1.807) is 10.9 Å². The Bertz CT molecular complexity index is 1670. The molecular weight excluding hydrogens is 564 g/mol. The summed E-state index contributed by atoms with van der Waals surface area (Å²) in [7, 11) is 1.88. The molecule has 2 fully saturated rings. The van der Waals surface area contributed by atoms with Gasteiger partial charge in [-0.2, -0.15) is 5.10 Å². The molecule has 2 atom stereocenters. The lowest BCUT2D eigenvalue weighted by Crippen LogP contribution is -2.33. The minimum atomic E-state index is -0.202. The van der Waals surface area contributed by atoms with Crippen LogP contribution in [0.5, 0.6) is 5.88 Å². The molecule has 10 heteroatoms. The Balaban J connectivity index is 1.20. The first-order valence-electron chi connectivity index (χ1n) is 16.9. The molecule has 0 spiro atoms. The Hall–Kier alpha value is -3.92. The number of ether oxygens (including phenoxy) is 1. The number of nitrogens with zero attached hydrogens (tertiary/aromatic N) is 6. The fraction of sp³-hybridized carbons (Fsp3) is 0.543. The molecule has 0 unspecified atom stereocenters. The third-order valence-electron chi connectivity index (χ3n) is 9.75. The molecule has 1 saturated heterocycles. The molecule has 45 heavy (non-hydrogen) atoms. The lowest BCUT2D eigenvalue weighted by atomic mass is 9.97. The number of carbonyl (C=O) groups excluding carboxylic acids is 1. The summed E-state index contributed by atoms with van der Waals surface area (Å²) < 4.78 is 10.3. The summed E-state index contributed by atoms with van der Waals surface area (Å²) in [5.41, 5.74) is 5.79. The molecule has 7 rings (SSSR count). The topological polar surface area (TPSA) is 102 Å². The van der Waals surface area contributed by atoms with Gasteiger partial charge in [-0.1, -0.05) is 6.42 Å². The zero-order valence-electron chi connectivity index (χ0n) is 26.9. The largest absolute Gasteiger partial charge is 0.477 e. The maximum atomic E-state index is 13.8. The van der Waals surface area contributed by atoms with Gasteiger partial charge < -0.3 is 19.5 Å². The normalized spacial score (nSPS) is 20.3. The highest BCUT2D eigenvalue weighted by molar-refractivity contribution is 6.05. The maximum Gasteiger partial charge on any atom is 0.258 e. The van der Waals surface area contributed by atoms with E-state index in [0.717, 1.165) is 60.3 Å². The van der Waals surface area contributed by atoms with E-state index in [0.29, 0.717) is 47.6 Å². The third-order valence-corrected chi connectivity index (χ3v) is 9.75. The van der Waals surface area contributed by atoms with Crippen LogP contribution in [0.25, 0.3) is 22.3 Å². The van der Waals surface area contributed by atoms with Gasteiger partial charge in [-0.05, 0) is 114 Å². The van der Waals surface area contributed by atoms with E-state index >= 15 is 0 Å². The van der Waals surface area contributed by atoms with Gasteiger partial charge in [0.05, 0.1) is 35.1 Å². The minimum absolute atomic E-state index is 0.202. The van der Waals surface area contributed by atoms with Crippen LogP contribution in [0.1, 0.15) is 74.3 Å². The molecule has 1 aromatic carbocycles. The Morgan fingerprint density at radius 3 is 2.71 bits per heavy atom. The van der Waals surface area contributed by atoms with Crippen LogP contribution >= 0.6 is 0 Å². The van der Waals surface area contributed by atoms with Crippen molar-refractivity contribution in [2.24, 2.45) is 18.9 Å². The SMILES string of the molecule is Cc1cc2cc(n1)-c1cnn(C)c1OCCC[C@@H](C1CC1)Cn1c(nc3ccc(N[C@H](C)CCN4CCCCC4)cc31)NC2=O. The van der Waals surface area contributed by atoms with Crippen LogP contribution in [0.4, 0.5) is 11.6 Å². The van der Waals surface area contributed by atoms with Gasteiger partial charge in [0.25, 0.3) is 5.91 Å². The van der Waals surface area contributed by atoms with Crippen molar-refractivity contribution >= 4 is 28.6 Å². The van der Waals surface area contributed by atoms with Gasteiger partial charge in [-0.15, -0.1) is 0 Å². The van der Waals surface area contributed by atoms with Gasteiger partial charge in [-0.25, -0.2) is 9.67 Å². The fourth-order valence-corrected chi connectivity index (χ4v) is 7.09. The number of benzene rings is 1. The first-order valence-corrected chi connectivity index (χ1v) is 16.9. The predicted octanol–water partition coefficient (Wildman–Crippen LogP) is 6.27. The highest BCUT2D eigenvalue weighted by Crippen LogP contribution is 2.41. The number of hydrogen-bond donors (Lipinski definition) is 2.